The molecule has 2 heterocycles. The lowest BCUT2D eigenvalue weighted by atomic mass is 10.0. The number of aryl methyl sites for hydroxylation is 1. The van der Waals surface area contributed by atoms with Crippen molar-refractivity contribution in [2.45, 2.75) is 38.3 Å². The van der Waals surface area contributed by atoms with Gasteiger partial charge in [-0.05, 0) is 31.9 Å². The summed E-state index contributed by atoms with van der Waals surface area (Å²) < 4.78 is 13.8. The largest absolute Gasteiger partial charge is 0.375 e. The van der Waals surface area contributed by atoms with Crippen molar-refractivity contribution in [3.8, 4) is 0 Å². The zero-order valence-electron chi connectivity index (χ0n) is 14.1. The maximum Gasteiger partial charge on any atom is 0.220 e. The number of amides is 1. The fraction of sp³-hybridized carbons (Fsp3) is 0.444. The van der Waals surface area contributed by atoms with Crippen LogP contribution in [0, 0.1) is 5.82 Å². The molecule has 0 spiro atoms. The van der Waals surface area contributed by atoms with E-state index in [2.05, 4.69) is 15.2 Å². The molecule has 0 saturated carbocycles. The van der Waals surface area contributed by atoms with E-state index < -0.39 is 0 Å². The number of halogens is 1. The van der Waals surface area contributed by atoms with Crippen molar-refractivity contribution in [1.29, 1.82) is 0 Å². The standard InChI is InChI=1S/C18H23FN4OS/c19-16-6-2-1-4-13(16)10-23-9-3-5-14(11-23)21-17(24)8-7-15-12-25-18(20)22-15/h1-2,4,6,12,14H,3,5,7-11H2,(H2,20,22)(H,21,24). The Bertz CT molecular complexity index is 721. The molecule has 1 saturated heterocycles. The Balaban J connectivity index is 1.46. The summed E-state index contributed by atoms with van der Waals surface area (Å²) in [6.07, 6.45) is 2.98. The molecule has 25 heavy (non-hydrogen) atoms. The average molecular weight is 362 g/mol. The fourth-order valence-electron chi connectivity index (χ4n) is 3.16. The summed E-state index contributed by atoms with van der Waals surface area (Å²) >= 11 is 1.39. The molecule has 5 nitrogen and oxygen atoms in total. The molecular weight excluding hydrogens is 339 g/mol. The molecule has 2 aromatic rings. The van der Waals surface area contributed by atoms with Gasteiger partial charge in [0.05, 0.1) is 5.69 Å². The number of carbonyl (C=O) groups is 1. The zero-order chi connectivity index (χ0) is 17.6. The van der Waals surface area contributed by atoms with Crippen molar-refractivity contribution >= 4 is 22.4 Å². The summed E-state index contributed by atoms with van der Waals surface area (Å²) in [7, 11) is 0. The first-order chi connectivity index (χ1) is 12.1. The second-order valence-electron chi connectivity index (χ2n) is 6.41. The minimum atomic E-state index is -0.170. The third-order valence-electron chi connectivity index (χ3n) is 4.40. The molecule has 1 aliphatic rings. The Kier molecular flexibility index (Phi) is 5.99. The van der Waals surface area contributed by atoms with Crippen LogP contribution in [0.3, 0.4) is 0 Å². The van der Waals surface area contributed by atoms with Crippen LogP contribution in [0.4, 0.5) is 9.52 Å². The molecule has 134 valence electrons. The van der Waals surface area contributed by atoms with Crippen LogP contribution in [0.1, 0.15) is 30.5 Å². The van der Waals surface area contributed by atoms with Gasteiger partial charge in [0.1, 0.15) is 5.82 Å². The molecular formula is C18H23FN4OS. The number of nitrogens with two attached hydrogens (primary N) is 1. The number of nitrogen functional groups attached to an aromatic ring is 1. The minimum Gasteiger partial charge on any atom is -0.375 e. The van der Waals surface area contributed by atoms with E-state index in [-0.39, 0.29) is 17.8 Å². The number of thiazole rings is 1. The van der Waals surface area contributed by atoms with Gasteiger partial charge in [-0.25, -0.2) is 9.37 Å². The molecule has 0 radical (unpaired) electrons. The second-order valence-corrected chi connectivity index (χ2v) is 7.30. The zero-order valence-corrected chi connectivity index (χ0v) is 14.9. The average Bonchev–Trinajstić information content (AvgIpc) is 3.01. The number of hydrogen-bond donors (Lipinski definition) is 2. The number of anilines is 1. The van der Waals surface area contributed by atoms with Crippen LogP contribution in [0.25, 0.3) is 0 Å². The molecule has 0 bridgehead atoms. The predicted molar refractivity (Wildman–Crippen MR) is 97.7 cm³/mol. The first-order valence-corrected chi connectivity index (χ1v) is 9.43. The first-order valence-electron chi connectivity index (χ1n) is 8.55. The summed E-state index contributed by atoms with van der Waals surface area (Å²) in [6, 6.07) is 6.98. The van der Waals surface area contributed by atoms with E-state index in [9.17, 15) is 9.18 Å². The third kappa shape index (κ3) is 5.24. The summed E-state index contributed by atoms with van der Waals surface area (Å²) in [5.74, 6) is -0.138. The number of aromatic nitrogens is 1. The Morgan fingerprint density at radius 1 is 1.44 bits per heavy atom. The number of rotatable bonds is 6. The van der Waals surface area contributed by atoms with E-state index in [1.54, 1.807) is 6.07 Å². The highest BCUT2D eigenvalue weighted by atomic mass is 32.1. The lowest BCUT2D eigenvalue weighted by molar-refractivity contribution is -0.122. The molecule has 3 rings (SSSR count). The fourth-order valence-corrected chi connectivity index (χ4v) is 3.76. The van der Waals surface area contributed by atoms with E-state index >= 15 is 0 Å². The molecule has 1 aliphatic heterocycles. The normalized spacial score (nSPS) is 18.2. The molecule has 1 fully saturated rings. The quantitative estimate of drug-likeness (QED) is 0.829. The highest BCUT2D eigenvalue weighted by Crippen LogP contribution is 2.16. The Hall–Kier alpha value is -1.99. The molecule has 1 aromatic carbocycles. The van der Waals surface area contributed by atoms with Crippen molar-refractivity contribution in [2.75, 3.05) is 18.8 Å². The van der Waals surface area contributed by atoms with Crippen LogP contribution in [-0.4, -0.2) is 34.9 Å². The van der Waals surface area contributed by atoms with Crippen LogP contribution in [0.2, 0.25) is 0 Å². The lowest BCUT2D eigenvalue weighted by Crippen LogP contribution is -2.47. The van der Waals surface area contributed by atoms with E-state index in [0.717, 1.165) is 31.6 Å². The summed E-state index contributed by atoms with van der Waals surface area (Å²) in [6.45, 7) is 2.26. The van der Waals surface area contributed by atoms with Crippen LogP contribution in [0.5, 0.6) is 0 Å². The number of nitrogens with one attached hydrogen (secondary N) is 1. The molecule has 1 atom stereocenters. The van der Waals surface area contributed by atoms with Gasteiger partial charge < -0.3 is 11.1 Å². The molecule has 1 aromatic heterocycles. The van der Waals surface area contributed by atoms with Crippen molar-refractivity contribution < 1.29 is 9.18 Å². The van der Waals surface area contributed by atoms with E-state index in [1.807, 2.05) is 17.5 Å². The van der Waals surface area contributed by atoms with Crippen molar-refractivity contribution in [1.82, 2.24) is 15.2 Å². The smallest absolute Gasteiger partial charge is 0.220 e. The van der Waals surface area contributed by atoms with Crippen molar-refractivity contribution in [2.24, 2.45) is 0 Å². The molecule has 1 unspecified atom stereocenters. The van der Waals surface area contributed by atoms with Gasteiger partial charge >= 0.3 is 0 Å². The van der Waals surface area contributed by atoms with E-state index in [4.69, 9.17) is 5.73 Å². The van der Waals surface area contributed by atoms with Crippen molar-refractivity contribution in [3.05, 3.63) is 46.7 Å². The Morgan fingerprint density at radius 2 is 2.28 bits per heavy atom. The third-order valence-corrected chi connectivity index (χ3v) is 5.12. The van der Waals surface area contributed by atoms with Crippen molar-refractivity contribution in [3.63, 3.8) is 0 Å². The highest BCUT2D eigenvalue weighted by molar-refractivity contribution is 7.13. The Labute approximate surface area is 151 Å². The van der Waals surface area contributed by atoms with Crippen LogP contribution in [0.15, 0.2) is 29.6 Å². The van der Waals surface area contributed by atoms with Gasteiger partial charge in [-0.15, -0.1) is 11.3 Å². The van der Waals surface area contributed by atoms with Gasteiger partial charge in [0.15, 0.2) is 5.13 Å². The molecule has 1 amide bonds. The lowest BCUT2D eigenvalue weighted by Gasteiger charge is -2.33. The molecule has 3 N–H and O–H groups in total. The van der Waals surface area contributed by atoms with E-state index in [0.29, 0.717) is 30.1 Å². The van der Waals surface area contributed by atoms with Crippen LogP contribution < -0.4 is 11.1 Å². The second kappa shape index (κ2) is 8.40. The summed E-state index contributed by atoms with van der Waals surface area (Å²) in [4.78, 5) is 18.5. The van der Waals surface area contributed by atoms with Gasteiger partial charge in [0.25, 0.3) is 0 Å². The predicted octanol–water partition coefficient (Wildman–Crippen LogP) is 2.58. The minimum absolute atomic E-state index is 0.0318. The maximum absolute atomic E-state index is 13.8. The van der Waals surface area contributed by atoms with Gasteiger partial charge in [0.2, 0.25) is 5.91 Å². The highest BCUT2D eigenvalue weighted by Gasteiger charge is 2.22. The summed E-state index contributed by atoms with van der Waals surface area (Å²) in [5, 5.41) is 5.52. The number of hydrogen-bond acceptors (Lipinski definition) is 5. The topological polar surface area (TPSA) is 71.2 Å². The number of piperidine rings is 1. The number of likely N-dealkylation sites (tertiary alicyclic amines) is 1. The molecule has 0 aliphatic carbocycles. The van der Waals surface area contributed by atoms with Crippen LogP contribution >= 0.6 is 11.3 Å². The van der Waals surface area contributed by atoms with Gasteiger partial charge in [-0.3, -0.25) is 9.69 Å². The number of nitrogens with zero attached hydrogens (tertiary/aromatic N) is 2. The van der Waals surface area contributed by atoms with Gasteiger partial charge in [-0.1, -0.05) is 18.2 Å². The van der Waals surface area contributed by atoms with Gasteiger partial charge in [0, 0.05) is 36.5 Å². The van der Waals surface area contributed by atoms with Crippen LogP contribution in [-0.2, 0) is 17.8 Å². The first kappa shape index (κ1) is 17.8. The molecule has 7 heteroatoms. The summed E-state index contributed by atoms with van der Waals surface area (Å²) in [5.41, 5.74) is 7.17. The maximum atomic E-state index is 13.8. The number of carbonyl (C=O) groups excluding carboxylic acids is 1. The SMILES string of the molecule is Nc1nc(CCC(=O)NC2CCCN(Cc3ccccc3F)C2)cs1. The van der Waals surface area contributed by atoms with E-state index in [1.165, 1.54) is 17.4 Å². The monoisotopic (exact) mass is 362 g/mol. The van der Waals surface area contributed by atoms with Gasteiger partial charge in [-0.2, -0.15) is 0 Å². The number of benzene rings is 1. The Morgan fingerprint density at radius 3 is 3.04 bits per heavy atom.